The number of carbonyl (C=O) groups is 4. The van der Waals surface area contributed by atoms with E-state index in [-0.39, 0.29) is 52.6 Å². The number of benzene rings is 3. The topological polar surface area (TPSA) is 113 Å². The Labute approximate surface area is 281 Å². The average molecular weight is 671 g/mol. The summed E-state index contributed by atoms with van der Waals surface area (Å²) in [7, 11) is 2.85. The molecule has 2 heterocycles. The van der Waals surface area contributed by atoms with E-state index < -0.39 is 52.6 Å². The van der Waals surface area contributed by atoms with Crippen molar-refractivity contribution in [1.82, 2.24) is 0 Å². The van der Waals surface area contributed by atoms with Crippen LogP contribution in [0.15, 0.2) is 72.8 Å². The molecule has 4 aliphatic rings. The number of carbonyl (C=O) groups excluding carboxylic acids is 4. The number of allylic oxidation sites excluding steroid dienone is 2. The standard InChI is InChI=1S/C37H32ClFN2O7/c1-5-18-6-8-19(9-7-18)40-33(43)23-12-11-22-24(30(23)35(40)45)17-25-34(44)41(20-10-13-27(39)26(38)14-20)36(46)37(25,2)32(22)31-28(47-3)15-21(42)16-29(31)48-4/h5-11,13-16,23-25,30,32,42H,1,12,17H2,2-4H3/t23-,24+,25-,30-,32+,37+/m0/s1. The predicted molar refractivity (Wildman–Crippen MR) is 176 cm³/mol. The Bertz CT molecular complexity index is 1930. The van der Waals surface area contributed by atoms with Gasteiger partial charge in [0.15, 0.2) is 0 Å². The number of hydrogen-bond donors (Lipinski definition) is 1. The van der Waals surface area contributed by atoms with E-state index in [1.54, 1.807) is 37.3 Å². The number of phenolic OH excluding ortho intramolecular Hbond substituents is 1. The van der Waals surface area contributed by atoms with Crippen molar-refractivity contribution in [3.8, 4) is 17.2 Å². The first kappa shape index (κ1) is 31.6. The van der Waals surface area contributed by atoms with E-state index in [1.165, 1.54) is 43.4 Å². The summed E-state index contributed by atoms with van der Waals surface area (Å²) in [6, 6.07) is 13.4. The highest BCUT2D eigenvalue weighted by Crippen LogP contribution is 2.65. The van der Waals surface area contributed by atoms with Gasteiger partial charge in [0.25, 0.3) is 0 Å². The van der Waals surface area contributed by atoms with E-state index in [4.69, 9.17) is 21.1 Å². The van der Waals surface area contributed by atoms with Crippen molar-refractivity contribution in [3.05, 3.63) is 94.8 Å². The van der Waals surface area contributed by atoms with Crippen molar-refractivity contribution in [1.29, 1.82) is 0 Å². The highest BCUT2D eigenvalue weighted by atomic mass is 35.5. The summed E-state index contributed by atoms with van der Waals surface area (Å²) in [5.41, 5.74) is 1.10. The van der Waals surface area contributed by atoms with Gasteiger partial charge >= 0.3 is 0 Å². The summed E-state index contributed by atoms with van der Waals surface area (Å²) >= 11 is 6.10. The molecule has 11 heteroatoms. The number of halogens is 2. The first-order valence-corrected chi connectivity index (χ1v) is 15.9. The van der Waals surface area contributed by atoms with E-state index in [2.05, 4.69) is 6.58 Å². The van der Waals surface area contributed by atoms with Gasteiger partial charge in [-0.15, -0.1) is 0 Å². The summed E-state index contributed by atoms with van der Waals surface area (Å²) < 4.78 is 25.7. The third kappa shape index (κ3) is 4.35. The number of rotatable bonds is 6. The van der Waals surface area contributed by atoms with Crippen molar-refractivity contribution < 1.29 is 38.1 Å². The molecule has 1 saturated carbocycles. The van der Waals surface area contributed by atoms with Crippen LogP contribution in [0.2, 0.25) is 5.02 Å². The number of nitrogens with zero attached hydrogens (tertiary/aromatic N) is 2. The number of aromatic hydroxyl groups is 1. The molecule has 2 aliphatic heterocycles. The lowest BCUT2D eigenvalue weighted by molar-refractivity contribution is -0.131. The molecule has 246 valence electrons. The summed E-state index contributed by atoms with van der Waals surface area (Å²) in [5, 5.41) is 10.3. The number of imide groups is 2. The van der Waals surface area contributed by atoms with Gasteiger partial charge in [-0.3, -0.25) is 24.1 Å². The van der Waals surface area contributed by atoms with Gasteiger partial charge in [-0.2, -0.15) is 0 Å². The quantitative estimate of drug-likeness (QED) is 0.243. The summed E-state index contributed by atoms with van der Waals surface area (Å²) in [5.74, 6) is -6.04. The second-order valence-corrected chi connectivity index (χ2v) is 13.2. The third-order valence-corrected chi connectivity index (χ3v) is 10.9. The summed E-state index contributed by atoms with van der Waals surface area (Å²) in [4.78, 5) is 59.6. The van der Waals surface area contributed by atoms with Crippen LogP contribution < -0.4 is 19.3 Å². The molecule has 0 aromatic heterocycles. The Hall–Kier alpha value is -4.96. The van der Waals surface area contributed by atoms with Gasteiger partial charge in [0.05, 0.1) is 53.8 Å². The smallest absolute Gasteiger partial charge is 0.241 e. The molecule has 2 saturated heterocycles. The molecule has 6 atom stereocenters. The Morgan fingerprint density at radius 2 is 1.56 bits per heavy atom. The summed E-state index contributed by atoms with van der Waals surface area (Å²) in [6.07, 6.45) is 3.93. The van der Waals surface area contributed by atoms with E-state index in [0.717, 1.165) is 16.5 Å². The first-order valence-electron chi connectivity index (χ1n) is 15.5. The lowest BCUT2D eigenvalue weighted by Crippen LogP contribution is -2.49. The van der Waals surface area contributed by atoms with E-state index in [0.29, 0.717) is 16.8 Å². The summed E-state index contributed by atoms with van der Waals surface area (Å²) in [6.45, 7) is 5.47. The normalized spacial score (nSPS) is 27.8. The van der Waals surface area contributed by atoms with Crippen molar-refractivity contribution in [3.63, 3.8) is 0 Å². The second kappa shape index (κ2) is 11.3. The minimum absolute atomic E-state index is 0.112. The van der Waals surface area contributed by atoms with Crippen LogP contribution in [0.25, 0.3) is 6.08 Å². The van der Waals surface area contributed by atoms with Crippen molar-refractivity contribution in [2.45, 2.75) is 25.7 Å². The monoisotopic (exact) mass is 670 g/mol. The number of amides is 4. The third-order valence-electron chi connectivity index (χ3n) is 10.6. The number of fused-ring (bicyclic) bond motifs is 4. The zero-order chi connectivity index (χ0) is 34.2. The Balaban J connectivity index is 1.41. The lowest BCUT2D eigenvalue weighted by atomic mass is 9.51. The van der Waals surface area contributed by atoms with E-state index in [9.17, 15) is 28.7 Å². The molecule has 3 fully saturated rings. The fraction of sp³-hybridized carbons (Fsp3) is 0.297. The van der Waals surface area contributed by atoms with Gasteiger partial charge < -0.3 is 14.6 Å². The highest BCUT2D eigenvalue weighted by molar-refractivity contribution is 6.32. The Morgan fingerprint density at radius 3 is 2.17 bits per heavy atom. The van der Waals surface area contributed by atoms with E-state index >= 15 is 0 Å². The molecule has 4 amide bonds. The molecule has 0 radical (unpaired) electrons. The molecule has 1 N–H and O–H groups in total. The van der Waals surface area contributed by atoms with Crippen LogP contribution in [0.3, 0.4) is 0 Å². The van der Waals surface area contributed by atoms with Crippen LogP contribution in [-0.4, -0.2) is 43.0 Å². The maximum absolute atomic E-state index is 14.7. The van der Waals surface area contributed by atoms with Crippen LogP contribution in [-0.2, 0) is 19.2 Å². The Kier molecular flexibility index (Phi) is 7.47. The highest BCUT2D eigenvalue weighted by Gasteiger charge is 2.68. The fourth-order valence-corrected chi connectivity index (χ4v) is 8.59. The Morgan fingerprint density at radius 1 is 0.917 bits per heavy atom. The molecule has 2 aliphatic carbocycles. The molecular formula is C37H32ClFN2O7. The van der Waals surface area contributed by atoms with Gasteiger partial charge in [0, 0.05) is 23.6 Å². The van der Waals surface area contributed by atoms with Crippen LogP contribution in [0.1, 0.15) is 36.8 Å². The minimum atomic E-state index is -1.43. The number of anilines is 2. The van der Waals surface area contributed by atoms with Crippen LogP contribution >= 0.6 is 11.6 Å². The number of hydrogen-bond acceptors (Lipinski definition) is 7. The number of methoxy groups -OCH3 is 2. The largest absolute Gasteiger partial charge is 0.508 e. The van der Waals surface area contributed by atoms with Crippen molar-refractivity contribution >= 4 is 52.7 Å². The van der Waals surface area contributed by atoms with Crippen molar-refractivity contribution in [2.75, 3.05) is 24.0 Å². The first-order chi connectivity index (χ1) is 23.0. The maximum atomic E-state index is 14.7. The predicted octanol–water partition coefficient (Wildman–Crippen LogP) is 6.28. The minimum Gasteiger partial charge on any atom is -0.508 e. The molecule has 9 nitrogen and oxygen atoms in total. The van der Waals surface area contributed by atoms with E-state index in [1.807, 2.05) is 6.08 Å². The van der Waals surface area contributed by atoms with Gasteiger partial charge in [-0.05, 0) is 61.6 Å². The van der Waals surface area contributed by atoms with Crippen LogP contribution in [0, 0.1) is 34.9 Å². The molecule has 7 rings (SSSR count). The number of ether oxygens (including phenoxy) is 2. The zero-order valence-corrected chi connectivity index (χ0v) is 27.2. The molecule has 0 spiro atoms. The van der Waals surface area contributed by atoms with Gasteiger partial charge in [-0.25, -0.2) is 9.29 Å². The molecule has 0 bridgehead atoms. The number of phenols is 1. The van der Waals surface area contributed by atoms with Gasteiger partial charge in [0.1, 0.15) is 23.1 Å². The molecule has 48 heavy (non-hydrogen) atoms. The molecular weight excluding hydrogens is 639 g/mol. The van der Waals surface area contributed by atoms with Gasteiger partial charge in [0.2, 0.25) is 23.6 Å². The maximum Gasteiger partial charge on any atom is 0.241 e. The van der Waals surface area contributed by atoms with Gasteiger partial charge in [-0.1, -0.05) is 48.0 Å². The molecule has 0 unspecified atom stereocenters. The fourth-order valence-electron chi connectivity index (χ4n) is 8.42. The van der Waals surface area contributed by atoms with Crippen molar-refractivity contribution in [2.24, 2.45) is 29.1 Å². The molecule has 3 aromatic rings. The van der Waals surface area contributed by atoms with Crippen LogP contribution in [0.4, 0.5) is 15.8 Å². The second-order valence-electron chi connectivity index (χ2n) is 12.8. The zero-order valence-electron chi connectivity index (χ0n) is 26.4. The molecule has 3 aromatic carbocycles. The lowest BCUT2D eigenvalue weighted by Gasteiger charge is -2.49. The SMILES string of the molecule is C=Cc1ccc(N2C(=O)[C@H]3[C@H](CC=C4[C@H]3C[C@H]3C(=O)N(c5ccc(F)c(Cl)c5)C(=O)[C@@]3(C)[C@H]4c3c(OC)cc(O)cc3OC)C2=O)cc1. The average Bonchev–Trinajstić information content (AvgIpc) is 3.45. The van der Waals surface area contributed by atoms with Crippen LogP contribution in [0.5, 0.6) is 17.2 Å².